The second-order valence-corrected chi connectivity index (χ2v) is 5.45. The van der Waals surface area contributed by atoms with E-state index in [4.69, 9.17) is 0 Å². The molecule has 0 spiro atoms. The van der Waals surface area contributed by atoms with Gasteiger partial charge in [0.05, 0.1) is 5.01 Å². The van der Waals surface area contributed by atoms with E-state index in [9.17, 15) is 0 Å². The van der Waals surface area contributed by atoms with Gasteiger partial charge in [-0.15, -0.1) is 11.3 Å². The van der Waals surface area contributed by atoms with Crippen LogP contribution in [0.25, 0.3) is 0 Å². The molecule has 3 unspecified atom stereocenters. The minimum absolute atomic E-state index is 0.683. The van der Waals surface area contributed by atoms with E-state index in [0.29, 0.717) is 12.0 Å². The van der Waals surface area contributed by atoms with Gasteiger partial charge in [-0.1, -0.05) is 13.8 Å². The van der Waals surface area contributed by atoms with E-state index in [1.165, 1.54) is 24.3 Å². The molecule has 1 saturated carbocycles. The summed E-state index contributed by atoms with van der Waals surface area (Å²) in [4.78, 5) is 4.48. The van der Waals surface area contributed by atoms with Crippen molar-refractivity contribution < 1.29 is 0 Å². The van der Waals surface area contributed by atoms with Crippen molar-refractivity contribution in [2.45, 2.75) is 45.1 Å². The molecule has 1 fully saturated rings. The third-order valence-corrected chi connectivity index (χ3v) is 4.36. The molecule has 1 aromatic heterocycles. The third-order valence-electron chi connectivity index (χ3n) is 3.46. The Morgan fingerprint density at radius 3 is 3.07 bits per heavy atom. The minimum atomic E-state index is 0.683. The molecule has 0 aromatic carbocycles. The van der Waals surface area contributed by atoms with Gasteiger partial charge < -0.3 is 5.32 Å². The molecule has 0 aliphatic heterocycles. The lowest BCUT2D eigenvalue weighted by molar-refractivity contribution is 0.270. The zero-order chi connectivity index (χ0) is 10.7. The molecule has 1 aliphatic carbocycles. The Hall–Kier alpha value is -0.410. The largest absolute Gasteiger partial charge is 0.314 e. The van der Waals surface area contributed by atoms with Gasteiger partial charge in [0.2, 0.25) is 0 Å². The summed E-state index contributed by atoms with van der Waals surface area (Å²) in [5.74, 6) is 1.48. The van der Waals surface area contributed by atoms with E-state index in [1.807, 2.05) is 17.5 Å². The summed E-state index contributed by atoms with van der Waals surface area (Å²) in [5, 5.41) is 7.01. The van der Waals surface area contributed by atoms with Gasteiger partial charge in [-0.05, 0) is 31.7 Å². The van der Waals surface area contributed by atoms with Gasteiger partial charge in [-0.2, -0.15) is 0 Å². The zero-order valence-corrected chi connectivity index (χ0v) is 10.4. The third kappa shape index (κ3) is 2.58. The van der Waals surface area contributed by atoms with Gasteiger partial charge >= 0.3 is 0 Å². The van der Waals surface area contributed by atoms with Crippen molar-refractivity contribution >= 4 is 11.3 Å². The lowest BCUT2D eigenvalue weighted by Gasteiger charge is -2.33. The summed E-state index contributed by atoms with van der Waals surface area (Å²) in [6.07, 6.45) is 5.87. The van der Waals surface area contributed by atoms with Crippen LogP contribution in [0, 0.1) is 5.92 Å². The molecule has 84 valence electrons. The molecule has 1 aromatic rings. The number of hydrogen-bond acceptors (Lipinski definition) is 3. The molecule has 0 radical (unpaired) electrons. The highest BCUT2D eigenvalue weighted by molar-refractivity contribution is 7.09. The number of aromatic nitrogens is 1. The van der Waals surface area contributed by atoms with Crippen molar-refractivity contribution in [3.05, 3.63) is 16.6 Å². The fourth-order valence-electron chi connectivity index (χ4n) is 2.56. The average molecular weight is 224 g/mol. The molecule has 1 heterocycles. The molecule has 2 nitrogen and oxygen atoms in total. The monoisotopic (exact) mass is 224 g/mol. The highest BCUT2D eigenvalue weighted by atomic mass is 32.1. The summed E-state index contributed by atoms with van der Waals surface area (Å²) < 4.78 is 0. The molecule has 3 heteroatoms. The Morgan fingerprint density at radius 1 is 1.53 bits per heavy atom. The van der Waals surface area contributed by atoms with Crippen LogP contribution in [0.15, 0.2) is 11.6 Å². The van der Waals surface area contributed by atoms with Crippen molar-refractivity contribution in [1.82, 2.24) is 10.3 Å². The maximum absolute atomic E-state index is 4.48. The number of hydrogen-bond donors (Lipinski definition) is 1. The van der Waals surface area contributed by atoms with Gasteiger partial charge in [0, 0.05) is 23.5 Å². The van der Waals surface area contributed by atoms with Crippen LogP contribution in [0.3, 0.4) is 0 Å². The van der Waals surface area contributed by atoms with Gasteiger partial charge in [-0.3, -0.25) is 0 Å². The maximum atomic E-state index is 4.48. The summed E-state index contributed by atoms with van der Waals surface area (Å²) in [5.41, 5.74) is 0. The van der Waals surface area contributed by atoms with E-state index in [0.717, 1.165) is 12.5 Å². The van der Waals surface area contributed by atoms with Crippen molar-refractivity contribution in [2.75, 3.05) is 6.54 Å². The quantitative estimate of drug-likeness (QED) is 0.853. The van der Waals surface area contributed by atoms with E-state index >= 15 is 0 Å². The minimum Gasteiger partial charge on any atom is -0.314 e. The van der Waals surface area contributed by atoms with Gasteiger partial charge in [0.25, 0.3) is 0 Å². The predicted molar refractivity (Wildman–Crippen MR) is 65.3 cm³/mol. The van der Waals surface area contributed by atoms with E-state index in [-0.39, 0.29) is 0 Å². The topological polar surface area (TPSA) is 24.9 Å². The number of thiazole rings is 1. The Labute approximate surface area is 96.1 Å². The molecule has 3 atom stereocenters. The summed E-state index contributed by atoms with van der Waals surface area (Å²) in [6, 6.07) is 0.708. The lowest BCUT2D eigenvalue weighted by atomic mass is 9.78. The predicted octanol–water partition coefficient (Wildman–Crippen LogP) is 3.02. The Balaban J connectivity index is 2.02. The normalized spacial score (nSPS) is 31.7. The van der Waals surface area contributed by atoms with Crippen molar-refractivity contribution in [2.24, 2.45) is 5.92 Å². The average Bonchev–Trinajstić information content (AvgIpc) is 2.74. The van der Waals surface area contributed by atoms with Gasteiger partial charge in [-0.25, -0.2) is 4.98 Å². The SMILES string of the molecule is CCNC1CCC(C)C(c2nccs2)C1. The van der Waals surface area contributed by atoms with Crippen LogP contribution < -0.4 is 5.32 Å². The van der Waals surface area contributed by atoms with E-state index in [1.54, 1.807) is 0 Å². The van der Waals surface area contributed by atoms with Gasteiger partial charge in [0.15, 0.2) is 0 Å². The highest BCUT2D eigenvalue weighted by Gasteiger charge is 2.29. The van der Waals surface area contributed by atoms with E-state index < -0.39 is 0 Å². The molecule has 2 rings (SSSR count). The smallest absolute Gasteiger partial charge is 0.0959 e. The Bertz CT molecular complexity index is 284. The van der Waals surface area contributed by atoms with Crippen LogP contribution in [0.4, 0.5) is 0 Å². The van der Waals surface area contributed by atoms with Crippen LogP contribution in [0.1, 0.15) is 44.0 Å². The molecule has 1 N–H and O–H groups in total. The number of nitrogens with zero attached hydrogens (tertiary/aromatic N) is 1. The van der Waals surface area contributed by atoms with Crippen molar-refractivity contribution in [3.63, 3.8) is 0 Å². The molecular formula is C12H20N2S. The zero-order valence-electron chi connectivity index (χ0n) is 9.57. The molecule has 0 amide bonds. The Kier molecular flexibility index (Phi) is 3.76. The first-order chi connectivity index (χ1) is 7.31. The van der Waals surface area contributed by atoms with Crippen LogP contribution in [-0.2, 0) is 0 Å². The Morgan fingerprint density at radius 2 is 2.40 bits per heavy atom. The van der Waals surface area contributed by atoms with E-state index in [2.05, 4.69) is 29.5 Å². The van der Waals surface area contributed by atoms with Crippen LogP contribution >= 0.6 is 11.3 Å². The van der Waals surface area contributed by atoms with Crippen LogP contribution in [0.5, 0.6) is 0 Å². The number of rotatable bonds is 3. The second-order valence-electron chi connectivity index (χ2n) is 4.52. The maximum Gasteiger partial charge on any atom is 0.0959 e. The second kappa shape index (κ2) is 5.08. The van der Waals surface area contributed by atoms with Crippen LogP contribution in [-0.4, -0.2) is 17.6 Å². The number of nitrogens with one attached hydrogen (secondary N) is 1. The summed E-state index contributed by atoms with van der Waals surface area (Å²) in [6.45, 7) is 5.65. The summed E-state index contributed by atoms with van der Waals surface area (Å²) in [7, 11) is 0. The lowest BCUT2D eigenvalue weighted by Crippen LogP contribution is -2.36. The first kappa shape index (κ1) is 11.1. The van der Waals surface area contributed by atoms with Gasteiger partial charge in [0.1, 0.15) is 0 Å². The molecular weight excluding hydrogens is 204 g/mol. The summed E-state index contributed by atoms with van der Waals surface area (Å²) >= 11 is 1.81. The van der Waals surface area contributed by atoms with Crippen molar-refractivity contribution in [1.29, 1.82) is 0 Å². The fourth-order valence-corrected chi connectivity index (χ4v) is 3.44. The van der Waals surface area contributed by atoms with Crippen LogP contribution in [0.2, 0.25) is 0 Å². The highest BCUT2D eigenvalue weighted by Crippen LogP contribution is 2.38. The fraction of sp³-hybridized carbons (Fsp3) is 0.750. The first-order valence-electron chi connectivity index (χ1n) is 5.94. The van der Waals surface area contributed by atoms with Crippen molar-refractivity contribution in [3.8, 4) is 0 Å². The standard InChI is InChI=1S/C12H20N2S/c1-3-13-10-5-4-9(2)11(8-10)12-14-6-7-15-12/h6-7,9-11,13H,3-5,8H2,1-2H3. The molecule has 15 heavy (non-hydrogen) atoms. The molecule has 0 bridgehead atoms. The molecule has 1 aliphatic rings. The molecule has 0 saturated heterocycles. The first-order valence-corrected chi connectivity index (χ1v) is 6.82.